The van der Waals surface area contributed by atoms with Crippen LogP contribution in [0, 0.1) is 11.6 Å². The van der Waals surface area contributed by atoms with Crippen molar-refractivity contribution >= 4 is 16.6 Å². The Hall–Kier alpha value is -4.58. The fraction of sp³-hybridized carbons (Fsp3) is 0.233. The van der Waals surface area contributed by atoms with E-state index >= 15 is 4.39 Å². The Morgan fingerprint density at radius 2 is 1.71 bits per heavy atom. The number of hydrogen-bond donors (Lipinski definition) is 1. The van der Waals surface area contributed by atoms with Crippen LogP contribution in [0.5, 0.6) is 0 Å². The summed E-state index contributed by atoms with van der Waals surface area (Å²) in [5.74, 6) is -1.46. The fourth-order valence-corrected chi connectivity index (χ4v) is 5.08. The number of pyridine rings is 1. The Bertz CT molecular complexity index is 1810. The molecule has 1 N–H and O–H groups in total. The first kappa shape index (κ1) is 27.6. The highest BCUT2D eigenvalue weighted by Crippen LogP contribution is 2.31. The minimum atomic E-state index is -4.71. The van der Waals surface area contributed by atoms with Crippen LogP contribution in [0.4, 0.5) is 27.6 Å². The quantitative estimate of drug-likeness (QED) is 0.271. The van der Waals surface area contributed by atoms with Crippen LogP contribution in [0.2, 0.25) is 0 Å². The molecule has 216 valence electrons. The number of nitrogens with zero attached hydrogens (tertiary/aromatic N) is 4. The van der Waals surface area contributed by atoms with Gasteiger partial charge in [-0.05, 0) is 29.8 Å². The molecule has 1 fully saturated rings. The smallest absolute Gasteiger partial charge is 0.367 e. The zero-order valence-corrected chi connectivity index (χ0v) is 22.1. The summed E-state index contributed by atoms with van der Waals surface area (Å²) in [6.07, 6.45) is -2.99. The molecular formula is C30H24F5N5O2. The predicted octanol–water partition coefficient (Wildman–Crippen LogP) is 5.40. The molecule has 0 radical (unpaired) electrons. The SMILES string of the molecule is O=c1c(-c2noc(Cc3ccccc3)n2)cn(Cc2ccc(C(F)(F)F)cc2F)c2cc(N3CCNCC3)c(F)cc12. The molecule has 0 atom stereocenters. The van der Waals surface area contributed by atoms with Crippen LogP contribution in [0.3, 0.4) is 0 Å². The Morgan fingerprint density at radius 1 is 0.952 bits per heavy atom. The highest BCUT2D eigenvalue weighted by Gasteiger charge is 2.31. The van der Waals surface area contributed by atoms with Crippen molar-refractivity contribution in [2.24, 2.45) is 0 Å². The molecule has 0 aliphatic carbocycles. The number of alkyl halides is 3. The first-order valence-corrected chi connectivity index (χ1v) is 13.2. The number of hydrogen-bond acceptors (Lipinski definition) is 6. The van der Waals surface area contributed by atoms with Gasteiger partial charge in [0.25, 0.3) is 0 Å². The summed E-state index contributed by atoms with van der Waals surface area (Å²) in [6, 6.07) is 14.3. The average Bonchev–Trinajstić information content (AvgIpc) is 3.44. The molecule has 42 heavy (non-hydrogen) atoms. The summed E-state index contributed by atoms with van der Waals surface area (Å²) in [5.41, 5.74) is -0.295. The van der Waals surface area contributed by atoms with Gasteiger partial charge in [0.1, 0.15) is 11.6 Å². The average molecular weight is 582 g/mol. The van der Waals surface area contributed by atoms with E-state index in [1.807, 2.05) is 35.2 Å². The molecule has 7 nitrogen and oxygen atoms in total. The van der Waals surface area contributed by atoms with Crippen molar-refractivity contribution in [1.29, 1.82) is 0 Å². The summed E-state index contributed by atoms with van der Waals surface area (Å²) in [6.45, 7) is 2.11. The van der Waals surface area contributed by atoms with Gasteiger partial charge >= 0.3 is 6.18 Å². The lowest BCUT2D eigenvalue weighted by Gasteiger charge is -2.30. The normalized spacial score (nSPS) is 14.1. The minimum Gasteiger partial charge on any atom is -0.367 e. The van der Waals surface area contributed by atoms with E-state index in [1.165, 1.54) is 16.8 Å². The van der Waals surface area contributed by atoms with Gasteiger partial charge in [-0.3, -0.25) is 4.79 Å². The Kier molecular flexibility index (Phi) is 7.23. The van der Waals surface area contributed by atoms with Crippen LogP contribution in [0.25, 0.3) is 22.3 Å². The first-order valence-electron chi connectivity index (χ1n) is 13.2. The lowest BCUT2D eigenvalue weighted by Crippen LogP contribution is -2.43. The molecule has 0 saturated carbocycles. The second-order valence-corrected chi connectivity index (χ2v) is 10.0. The van der Waals surface area contributed by atoms with Crippen molar-refractivity contribution in [2.75, 3.05) is 31.1 Å². The number of rotatable bonds is 6. The summed E-state index contributed by atoms with van der Waals surface area (Å²) < 4.78 is 76.6. The number of nitrogens with one attached hydrogen (secondary N) is 1. The third-order valence-corrected chi connectivity index (χ3v) is 7.23. The highest BCUT2D eigenvalue weighted by molar-refractivity contribution is 5.86. The van der Waals surface area contributed by atoms with Gasteiger partial charge in [0, 0.05) is 43.3 Å². The molecule has 3 heterocycles. The van der Waals surface area contributed by atoms with E-state index in [1.54, 1.807) is 0 Å². The van der Waals surface area contributed by atoms with Crippen LogP contribution in [-0.4, -0.2) is 40.9 Å². The van der Waals surface area contributed by atoms with E-state index in [0.29, 0.717) is 38.7 Å². The van der Waals surface area contributed by atoms with Crippen LogP contribution in [0.1, 0.15) is 22.6 Å². The van der Waals surface area contributed by atoms with E-state index in [2.05, 4.69) is 15.5 Å². The fourth-order valence-electron chi connectivity index (χ4n) is 5.08. The molecule has 1 saturated heterocycles. The summed E-state index contributed by atoms with van der Waals surface area (Å²) >= 11 is 0. The molecule has 1 aliphatic rings. The number of halogens is 5. The van der Waals surface area contributed by atoms with Crippen molar-refractivity contribution in [3.63, 3.8) is 0 Å². The lowest BCUT2D eigenvalue weighted by molar-refractivity contribution is -0.137. The predicted molar refractivity (Wildman–Crippen MR) is 146 cm³/mol. The molecule has 0 spiro atoms. The maximum atomic E-state index is 15.4. The molecule has 0 bridgehead atoms. The maximum absolute atomic E-state index is 15.4. The second-order valence-electron chi connectivity index (χ2n) is 10.0. The van der Waals surface area contributed by atoms with Gasteiger partial charge in [-0.2, -0.15) is 18.2 Å². The van der Waals surface area contributed by atoms with Crippen LogP contribution >= 0.6 is 0 Å². The van der Waals surface area contributed by atoms with Crippen LogP contribution in [-0.2, 0) is 19.1 Å². The largest absolute Gasteiger partial charge is 0.416 e. The number of anilines is 1. The number of aromatic nitrogens is 3. The molecule has 12 heteroatoms. The lowest BCUT2D eigenvalue weighted by atomic mass is 10.1. The molecule has 1 aliphatic heterocycles. The molecule has 2 aromatic heterocycles. The summed E-state index contributed by atoms with van der Waals surface area (Å²) in [5, 5.41) is 7.15. The van der Waals surface area contributed by atoms with E-state index in [0.717, 1.165) is 23.8 Å². The maximum Gasteiger partial charge on any atom is 0.416 e. The second kappa shape index (κ2) is 11.0. The van der Waals surface area contributed by atoms with Crippen molar-refractivity contribution < 1.29 is 26.5 Å². The van der Waals surface area contributed by atoms with E-state index in [4.69, 9.17) is 4.52 Å². The monoisotopic (exact) mass is 581 g/mol. The van der Waals surface area contributed by atoms with Crippen molar-refractivity contribution in [2.45, 2.75) is 19.1 Å². The van der Waals surface area contributed by atoms with Gasteiger partial charge < -0.3 is 19.3 Å². The van der Waals surface area contributed by atoms with E-state index in [-0.39, 0.29) is 46.0 Å². The number of piperazine rings is 1. The summed E-state index contributed by atoms with van der Waals surface area (Å²) in [4.78, 5) is 19.8. The highest BCUT2D eigenvalue weighted by atomic mass is 19.4. The Labute approximate surface area is 236 Å². The van der Waals surface area contributed by atoms with Gasteiger partial charge in [0.2, 0.25) is 17.1 Å². The summed E-state index contributed by atoms with van der Waals surface area (Å²) in [7, 11) is 0. The zero-order chi connectivity index (χ0) is 29.4. The van der Waals surface area contributed by atoms with Gasteiger partial charge in [0.05, 0.1) is 35.3 Å². The third-order valence-electron chi connectivity index (χ3n) is 7.23. The van der Waals surface area contributed by atoms with Crippen molar-refractivity contribution in [3.05, 3.63) is 111 Å². The Balaban J connectivity index is 1.47. The molecule has 0 amide bonds. The van der Waals surface area contributed by atoms with Crippen molar-refractivity contribution in [3.8, 4) is 11.4 Å². The standard InChI is InChI=1S/C30H24F5N5O2/c31-23-13-20(30(33,34)35)7-6-19(23)16-40-17-22(29-37-27(42-38-29)12-18-4-2-1-3-5-18)28(41)21-14-24(32)26(15-25(21)40)39-10-8-36-9-11-39/h1-7,13-15,17,36H,8-12,16H2. The first-order chi connectivity index (χ1) is 20.2. The number of fused-ring (bicyclic) bond motifs is 1. The van der Waals surface area contributed by atoms with Gasteiger partial charge in [-0.1, -0.05) is 41.6 Å². The zero-order valence-electron chi connectivity index (χ0n) is 22.1. The third kappa shape index (κ3) is 5.49. The van der Waals surface area contributed by atoms with E-state index < -0.39 is 28.8 Å². The molecule has 5 aromatic rings. The van der Waals surface area contributed by atoms with Crippen LogP contribution < -0.4 is 15.6 Å². The molecule has 3 aromatic carbocycles. The molecule has 6 rings (SSSR count). The minimum absolute atomic E-state index is 0.00869. The molecule has 0 unspecified atom stereocenters. The van der Waals surface area contributed by atoms with E-state index in [9.17, 15) is 22.4 Å². The van der Waals surface area contributed by atoms with Crippen LogP contribution in [0.15, 0.2) is 76.2 Å². The van der Waals surface area contributed by atoms with Gasteiger partial charge in [-0.15, -0.1) is 0 Å². The van der Waals surface area contributed by atoms with Gasteiger partial charge in [-0.25, -0.2) is 8.78 Å². The number of benzene rings is 3. The van der Waals surface area contributed by atoms with Gasteiger partial charge in [0.15, 0.2) is 0 Å². The molecular weight excluding hydrogens is 557 g/mol. The Morgan fingerprint density at radius 3 is 2.43 bits per heavy atom. The topological polar surface area (TPSA) is 76.2 Å². The van der Waals surface area contributed by atoms with Crippen molar-refractivity contribution in [1.82, 2.24) is 20.0 Å².